The van der Waals surface area contributed by atoms with Gasteiger partial charge in [0.05, 0.1) is 0 Å². The third-order valence-corrected chi connectivity index (χ3v) is 2.88. The van der Waals surface area contributed by atoms with Crippen molar-refractivity contribution in [3.63, 3.8) is 0 Å². The van der Waals surface area contributed by atoms with E-state index in [4.69, 9.17) is 12.2 Å². The van der Waals surface area contributed by atoms with Crippen LogP contribution in [0.25, 0.3) is 12.2 Å². The number of nitrogens with one attached hydrogen (secondary N) is 2. The third-order valence-electron chi connectivity index (χ3n) is 2.02. The van der Waals surface area contributed by atoms with Gasteiger partial charge in [0.15, 0.2) is 4.77 Å². The zero-order chi connectivity index (χ0) is 12.3. The molecule has 4 nitrogen and oxygen atoms in total. The third kappa shape index (κ3) is 3.34. The van der Waals surface area contributed by atoms with Crippen molar-refractivity contribution in [3.8, 4) is 0 Å². The van der Waals surface area contributed by atoms with Crippen LogP contribution in [0, 0.1) is 8.34 Å². The van der Waals surface area contributed by atoms with Gasteiger partial charge in [-0.05, 0) is 58.6 Å². The van der Waals surface area contributed by atoms with E-state index in [1.54, 1.807) is 6.08 Å². The Labute approximate surface area is 116 Å². The largest absolute Gasteiger partial charge is 0.296 e. The van der Waals surface area contributed by atoms with Crippen LogP contribution in [-0.2, 0) is 0 Å². The van der Waals surface area contributed by atoms with Crippen LogP contribution in [-0.4, -0.2) is 15.2 Å². The number of rotatable bonds is 2. The minimum Gasteiger partial charge on any atom is -0.296 e. The second-order valence-electron chi connectivity index (χ2n) is 3.28. The molecule has 2 rings (SSSR count). The first-order valence-corrected chi connectivity index (χ1v) is 6.26. The summed E-state index contributed by atoms with van der Waals surface area (Å²) in [6, 6.07) is 7.93. The van der Waals surface area contributed by atoms with Gasteiger partial charge < -0.3 is 0 Å². The van der Waals surface area contributed by atoms with Gasteiger partial charge in [0.2, 0.25) is 0 Å². The lowest BCUT2D eigenvalue weighted by Crippen LogP contribution is -2.12. The highest BCUT2D eigenvalue weighted by atomic mass is 127. The Hall–Kier alpha value is -1.28. The van der Waals surface area contributed by atoms with E-state index in [-0.39, 0.29) is 10.3 Å². The van der Waals surface area contributed by atoms with Gasteiger partial charge in [-0.1, -0.05) is 18.2 Å². The number of halogens is 1. The number of aromatic nitrogens is 3. The zero-order valence-electron chi connectivity index (χ0n) is 8.61. The molecule has 0 radical (unpaired) electrons. The topological polar surface area (TPSA) is 61.5 Å². The van der Waals surface area contributed by atoms with E-state index < -0.39 is 0 Å². The second kappa shape index (κ2) is 5.37. The van der Waals surface area contributed by atoms with Crippen LogP contribution in [0.1, 0.15) is 11.3 Å². The number of hydrogen-bond acceptors (Lipinski definition) is 3. The lowest BCUT2D eigenvalue weighted by atomic mass is 10.2. The molecule has 0 unspecified atom stereocenters. The standard InChI is InChI=1S/C11H8IN3OS/c12-8-3-1-2-7(6-8)4-5-9-10(16)13-11(17)15-14-9/h1-6H,(H2,13,15,16,17). The maximum absolute atomic E-state index is 11.5. The molecule has 0 aliphatic carbocycles. The molecule has 0 amide bonds. The molecule has 1 aromatic carbocycles. The minimum absolute atomic E-state index is 0.224. The highest BCUT2D eigenvalue weighted by molar-refractivity contribution is 14.1. The lowest BCUT2D eigenvalue weighted by Gasteiger charge is -1.94. The van der Waals surface area contributed by atoms with Crippen LogP contribution in [0.15, 0.2) is 29.1 Å². The van der Waals surface area contributed by atoms with E-state index >= 15 is 0 Å². The van der Waals surface area contributed by atoms with Crippen molar-refractivity contribution in [1.82, 2.24) is 15.2 Å². The molecule has 1 aromatic heterocycles. The molecule has 2 N–H and O–H groups in total. The molecule has 0 bridgehead atoms. The van der Waals surface area contributed by atoms with Crippen molar-refractivity contribution in [2.24, 2.45) is 0 Å². The summed E-state index contributed by atoms with van der Waals surface area (Å²) in [5.74, 6) is 0. The molecule has 0 aliphatic rings. The van der Waals surface area contributed by atoms with Crippen LogP contribution in [0.5, 0.6) is 0 Å². The Kier molecular flexibility index (Phi) is 3.85. The quantitative estimate of drug-likeness (QED) is 0.642. The summed E-state index contributed by atoms with van der Waals surface area (Å²) < 4.78 is 1.36. The molecule has 17 heavy (non-hydrogen) atoms. The van der Waals surface area contributed by atoms with Gasteiger partial charge in [0, 0.05) is 3.57 Å². The summed E-state index contributed by atoms with van der Waals surface area (Å²) in [7, 11) is 0. The monoisotopic (exact) mass is 357 g/mol. The van der Waals surface area contributed by atoms with E-state index in [9.17, 15) is 4.79 Å². The molecular weight excluding hydrogens is 349 g/mol. The van der Waals surface area contributed by atoms with Gasteiger partial charge in [0.25, 0.3) is 5.56 Å². The molecule has 0 fully saturated rings. The summed E-state index contributed by atoms with van der Waals surface area (Å²) >= 11 is 6.99. The average molecular weight is 357 g/mol. The van der Waals surface area contributed by atoms with Crippen LogP contribution in [0.2, 0.25) is 0 Å². The Morgan fingerprint density at radius 3 is 2.88 bits per heavy atom. The lowest BCUT2D eigenvalue weighted by molar-refractivity contribution is 0.912. The normalized spacial score (nSPS) is 10.9. The first-order chi connectivity index (χ1) is 8.15. The van der Waals surface area contributed by atoms with Crippen LogP contribution in [0.4, 0.5) is 0 Å². The molecule has 86 valence electrons. The van der Waals surface area contributed by atoms with E-state index in [0.717, 1.165) is 9.13 Å². The van der Waals surface area contributed by atoms with Gasteiger partial charge in [0.1, 0.15) is 5.69 Å². The highest BCUT2D eigenvalue weighted by Crippen LogP contribution is 2.09. The average Bonchev–Trinajstić information content (AvgIpc) is 2.28. The van der Waals surface area contributed by atoms with Crippen molar-refractivity contribution in [3.05, 3.63) is 54.2 Å². The molecule has 1 heterocycles. The molecule has 0 saturated heterocycles. The van der Waals surface area contributed by atoms with Crippen molar-refractivity contribution < 1.29 is 0 Å². The van der Waals surface area contributed by atoms with Crippen LogP contribution < -0.4 is 5.56 Å². The molecule has 0 aliphatic heterocycles. The molecule has 0 saturated carbocycles. The van der Waals surface area contributed by atoms with Crippen molar-refractivity contribution in [2.45, 2.75) is 0 Å². The molecule has 2 aromatic rings. The Morgan fingerprint density at radius 1 is 1.35 bits per heavy atom. The smallest absolute Gasteiger partial charge is 0.277 e. The Bertz CT molecular complexity index is 675. The second-order valence-corrected chi connectivity index (χ2v) is 4.93. The van der Waals surface area contributed by atoms with Crippen LogP contribution in [0.3, 0.4) is 0 Å². The molecule has 0 spiro atoms. The summed E-state index contributed by atoms with van der Waals surface area (Å²) in [5.41, 5.74) is 1.02. The van der Waals surface area contributed by atoms with E-state index in [1.165, 1.54) is 0 Å². The summed E-state index contributed by atoms with van der Waals surface area (Å²) in [6.07, 6.45) is 3.48. The number of benzene rings is 1. The summed E-state index contributed by atoms with van der Waals surface area (Å²) in [5, 5.41) is 6.40. The van der Waals surface area contributed by atoms with E-state index in [0.29, 0.717) is 5.69 Å². The predicted octanol–water partition coefficient (Wildman–Crippen LogP) is 2.60. The number of aromatic amines is 2. The fraction of sp³-hybridized carbons (Fsp3) is 0. The fourth-order valence-corrected chi connectivity index (χ4v) is 1.96. The van der Waals surface area contributed by atoms with Gasteiger partial charge in [-0.15, -0.1) is 0 Å². The summed E-state index contributed by atoms with van der Waals surface area (Å²) in [6.45, 7) is 0. The predicted molar refractivity (Wildman–Crippen MR) is 78.1 cm³/mol. The molecule has 6 heteroatoms. The maximum Gasteiger partial charge on any atom is 0.277 e. The van der Waals surface area contributed by atoms with E-state index in [1.807, 2.05) is 30.3 Å². The number of nitrogens with zero attached hydrogens (tertiary/aromatic N) is 1. The fourth-order valence-electron chi connectivity index (χ4n) is 1.26. The van der Waals surface area contributed by atoms with Gasteiger partial charge in [-0.25, -0.2) is 0 Å². The SMILES string of the molecule is O=c1[nH]c(=S)[nH]nc1C=Cc1cccc(I)c1. The molecular formula is C11H8IN3OS. The van der Waals surface area contributed by atoms with Gasteiger partial charge >= 0.3 is 0 Å². The number of H-pyrrole nitrogens is 2. The number of hydrogen-bond donors (Lipinski definition) is 2. The zero-order valence-corrected chi connectivity index (χ0v) is 11.6. The van der Waals surface area contributed by atoms with Gasteiger partial charge in [-0.2, -0.15) is 5.10 Å². The van der Waals surface area contributed by atoms with Gasteiger partial charge in [-0.3, -0.25) is 14.9 Å². The first-order valence-electron chi connectivity index (χ1n) is 4.78. The van der Waals surface area contributed by atoms with Crippen molar-refractivity contribution >= 4 is 47.0 Å². The summed E-state index contributed by atoms with van der Waals surface area (Å²) in [4.78, 5) is 13.9. The highest BCUT2D eigenvalue weighted by Gasteiger charge is 1.96. The van der Waals surface area contributed by atoms with E-state index in [2.05, 4.69) is 37.8 Å². The van der Waals surface area contributed by atoms with Crippen molar-refractivity contribution in [2.75, 3.05) is 0 Å². The Balaban J connectivity index is 2.32. The maximum atomic E-state index is 11.5. The van der Waals surface area contributed by atoms with Crippen LogP contribution >= 0.6 is 34.8 Å². The minimum atomic E-state index is -0.296. The van der Waals surface area contributed by atoms with Crippen molar-refractivity contribution in [1.29, 1.82) is 0 Å². The Morgan fingerprint density at radius 2 is 2.18 bits per heavy atom. The molecule has 0 atom stereocenters. The first kappa shape index (κ1) is 12.2.